The van der Waals surface area contributed by atoms with Crippen LogP contribution < -0.4 is 10.6 Å². The van der Waals surface area contributed by atoms with Crippen molar-refractivity contribution in [2.75, 3.05) is 30.8 Å². The molecule has 1 fully saturated rings. The number of benzene rings is 2. The van der Waals surface area contributed by atoms with Crippen LogP contribution in [0.4, 0.5) is 11.5 Å². The maximum atomic E-state index is 12.8. The summed E-state index contributed by atoms with van der Waals surface area (Å²) >= 11 is 0. The van der Waals surface area contributed by atoms with Gasteiger partial charge in [0.2, 0.25) is 0 Å². The summed E-state index contributed by atoms with van der Waals surface area (Å²) in [7, 11) is 1.89. The Morgan fingerprint density at radius 2 is 1.61 bits per heavy atom. The van der Waals surface area contributed by atoms with E-state index >= 15 is 0 Å². The van der Waals surface area contributed by atoms with E-state index in [-0.39, 0.29) is 11.9 Å². The Balaban J connectivity index is 1.44. The van der Waals surface area contributed by atoms with Crippen LogP contribution in [0, 0.1) is 13.8 Å². The summed E-state index contributed by atoms with van der Waals surface area (Å²) in [5.41, 5.74) is 11.4. The number of piperidine rings is 1. The van der Waals surface area contributed by atoms with Crippen molar-refractivity contribution in [3.8, 4) is 11.3 Å². The van der Waals surface area contributed by atoms with E-state index in [2.05, 4.69) is 41.1 Å². The molecule has 0 spiro atoms. The van der Waals surface area contributed by atoms with Crippen LogP contribution in [0.15, 0.2) is 54.6 Å². The van der Waals surface area contributed by atoms with Gasteiger partial charge < -0.3 is 15.5 Å². The average Bonchev–Trinajstić information content (AvgIpc) is 2.81. The number of nitrogen functional groups attached to an aromatic ring is 1. The van der Waals surface area contributed by atoms with Crippen LogP contribution in [0.25, 0.3) is 11.3 Å². The lowest BCUT2D eigenvalue weighted by molar-refractivity contribution is 0.0709. The van der Waals surface area contributed by atoms with Gasteiger partial charge in [-0.15, -0.1) is 10.2 Å². The van der Waals surface area contributed by atoms with Crippen molar-refractivity contribution in [2.45, 2.75) is 32.7 Å². The first-order chi connectivity index (χ1) is 15.0. The highest BCUT2D eigenvalue weighted by molar-refractivity contribution is 5.94. The smallest absolute Gasteiger partial charge is 0.253 e. The summed E-state index contributed by atoms with van der Waals surface area (Å²) in [4.78, 5) is 17.0. The highest BCUT2D eigenvalue weighted by Gasteiger charge is 2.28. The first-order valence-electron chi connectivity index (χ1n) is 10.7. The Morgan fingerprint density at radius 1 is 0.968 bits per heavy atom. The number of hydrogen-bond donors (Lipinski definition) is 1. The third-order valence-corrected chi connectivity index (χ3v) is 6.33. The Labute approximate surface area is 183 Å². The molecule has 1 aliphatic heterocycles. The number of hydrogen-bond acceptors (Lipinski definition) is 5. The van der Waals surface area contributed by atoms with Gasteiger partial charge in [0.05, 0.1) is 5.69 Å². The number of carbonyl (C=O) groups is 1. The highest BCUT2D eigenvalue weighted by atomic mass is 16.2. The van der Waals surface area contributed by atoms with E-state index in [4.69, 9.17) is 5.73 Å². The summed E-state index contributed by atoms with van der Waals surface area (Å²) in [5, 5.41) is 9.13. The van der Waals surface area contributed by atoms with Crippen molar-refractivity contribution in [3.63, 3.8) is 0 Å². The second-order valence-corrected chi connectivity index (χ2v) is 8.24. The van der Waals surface area contributed by atoms with Crippen LogP contribution in [0.3, 0.4) is 0 Å². The minimum Gasteiger partial charge on any atom is -0.399 e. The van der Waals surface area contributed by atoms with E-state index in [1.807, 2.05) is 30.1 Å². The zero-order valence-electron chi connectivity index (χ0n) is 18.4. The van der Waals surface area contributed by atoms with E-state index < -0.39 is 0 Å². The fourth-order valence-electron chi connectivity index (χ4n) is 4.22. The predicted octanol–water partition coefficient (Wildman–Crippen LogP) is 4.08. The minimum atomic E-state index is 0.0393. The molecule has 0 aliphatic carbocycles. The number of amides is 1. The first kappa shape index (κ1) is 20.8. The van der Waals surface area contributed by atoms with Gasteiger partial charge in [0, 0.05) is 43.0 Å². The van der Waals surface area contributed by atoms with Crippen molar-refractivity contribution in [3.05, 3.63) is 71.3 Å². The Morgan fingerprint density at radius 3 is 2.26 bits per heavy atom. The van der Waals surface area contributed by atoms with Crippen LogP contribution in [-0.4, -0.2) is 47.2 Å². The first-order valence-corrected chi connectivity index (χ1v) is 10.7. The van der Waals surface area contributed by atoms with Crippen LogP contribution in [-0.2, 0) is 0 Å². The van der Waals surface area contributed by atoms with E-state index in [1.165, 1.54) is 5.56 Å². The maximum absolute atomic E-state index is 12.8. The molecule has 1 amide bonds. The summed E-state index contributed by atoms with van der Waals surface area (Å²) in [5.74, 6) is 0.987. The van der Waals surface area contributed by atoms with Crippen molar-refractivity contribution in [2.24, 2.45) is 0 Å². The van der Waals surface area contributed by atoms with E-state index in [0.717, 1.165) is 48.6 Å². The van der Waals surface area contributed by atoms with Gasteiger partial charge in [0.1, 0.15) is 0 Å². The summed E-state index contributed by atoms with van der Waals surface area (Å²) in [6, 6.07) is 17.5. The van der Waals surface area contributed by atoms with Gasteiger partial charge in [-0.25, -0.2) is 0 Å². The maximum Gasteiger partial charge on any atom is 0.253 e. The molecule has 2 aromatic carbocycles. The van der Waals surface area contributed by atoms with Crippen molar-refractivity contribution in [1.82, 2.24) is 15.1 Å². The van der Waals surface area contributed by atoms with Gasteiger partial charge in [0.15, 0.2) is 5.82 Å². The average molecular weight is 416 g/mol. The van der Waals surface area contributed by atoms with Crippen molar-refractivity contribution >= 4 is 17.4 Å². The molecule has 160 valence electrons. The largest absolute Gasteiger partial charge is 0.399 e. The summed E-state index contributed by atoms with van der Waals surface area (Å²) < 4.78 is 0. The lowest BCUT2D eigenvalue weighted by atomic mass is 10.0. The van der Waals surface area contributed by atoms with Crippen LogP contribution in [0.1, 0.15) is 34.3 Å². The monoisotopic (exact) mass is 415 g/mol. The van der Waals surface area contributed by atoms with Crippen LogP contribution >= 0.6 is 0 Å². The number of nitrogens with zero attached hydrogens (tertiary/aromatic N) is 4. The molecule has 0 atom stereocenters. The molecule has 31 heavy (non-hydrogen) atoms. The lowest BCUT2D eigenvalue weighted by Crippen LogP contribution is -2.46. The predicted molar refractivity (Wildman–Crippen MR) is 125 cm³/mol. The molecule has 0 unspecified atom stereocenters. The van der Waals surface area contributed by atoms with Crippen molar-refractivity contribution in [1.29, 1.82) is 0 Å². The normalized spacial score (nSPS) is 14.5. The third-order valence-electron chi connectivity index (χ3n) is 6.33. The van der Waals surface area contributed by atoms with Crippen LogP contribution in [0.2, 0.25) is 0 Å². The fraction of sp³-hybridized carbons (Fsp3) is 0.320. The Kier molecular flexibility index (Phi) is 5.89. The van der Waals surface area contributed by atoms with Gasteiger partial charge in [-0.2, -0.15) is 0 Å². The number of anilines is 2. The molecule has 1 aromatic heterocycles. The topological polar surface area (TPSA) is 75.4 Å². The van der Waals surface area contributed by atoms with E-state index in [0.29, 0.717) is 11.3 Å². The lowest BCUT2D eigenvalue weighted by Gasteiger charge is -2.37. The molecule has 0 radical (unpaired) electrons. The SMILES string of the molecule is Cc1c(-c2ccccc2)nnc(N2CCC(N(C)C(=O)c3ccc(N)cc3)CC2)c1C. The zero-order chi connectivity index (χ0) is 22.0. The van der Waals surface area contributed by atoms with Gasteiger partial charge in [-0.3, -0.25) is 4.79 Å². The number of rotatable bonds is 4. The Hall–Kier alpha value is -3.41. The number of nitrogens with two attached hydrogens (primary N) is 1. The molecule has 0 saturated carbocycles. The zero-order valence-corrected chi connectivity index (χ0v) is 18.4. The molecule has 2 N–H and O–H groups in total. The van der Waals surface area contributed by atoms with Crippen LogP contribution in [0.5, 0.6) is 0 Å². The summed E-state index contributed by atoms with van der Waals surface area (Å²) in [6.45, 7) is 5.93. The second-order valence-electron chi connectivity index (χ2n) is 8.24. The van der Waals surface area contributed by atoms with E-state index in [9.17, 15) is 4.79 Å². The van der Waals surface area contributed by atoms with Gasteiger partial charge in [-0.05, 0) is 62.1 Å². The van der Waals surface area contributed by atoms with Gasteiger partial charge >= 0.3 is 0 Å². The molecule has 1 saturated heterocycles. The third kappa shape index (κ3) is 4.24. The Bertz CT molecular complexity index is 1060. The van der Waals surface area contributed by atoms with E-state index in [1.54, 1.807) is 24.3 Å². The molecule has 6 nitrogen and oxygen atoms in total. The molecule has 4 rings (SSSR count). The van der Waals surface area contributed by atoms with Gasteiger partial charge in [-0.1, -0.05) is 30.3 Å². The molecule has 1 aliphatic rings. The standard InChI is InChI=1S/C25H29N5O/c1-17-18(2)24(28-27-23(17)19-7-5-4-6-8-19)30-15-13-22(14-16-30)29(3)25(31)20-9-11-21(26)12-10-20/h4-12,22H,13-16,26H2,1-3H3. The van der Waals surface area contributed by atoms with Crippen molar-refractivity contribution < 1.29 is 4.79 Å². The molecule has 0 bridgehead atoms. The molecular formula is C25H29N5O. The number of aromatic nitrogens is 2. The van der Waals surface area contributed by atoms with Gasteiger partial charge in [0.25, 0.3) is 5.91 Å². The molecule has 6 heteroatoms. The molecule has 3 aromatic rings. The fourth-order valence-corrected chi connectivity index (χ4v) is 4.22. The second kappa shape index (κ2) is 8.76. The quantitative estimate of drug-likeness (QED) is 0.650. The number of carbonyl (C=O) groups excluding carboxylic acids is 1. The molecular weight excluding hydrogens is 386 g/mol. The highest BCUT2D eigenvalue weighted by Crippen LogP contribution is 2.29. The minimum absolute atomic E-state index is 0.0393. The molecule has 2 heterocycles. The summed E-state index contributed by atoms with van der Waals surface area (Å²) in [6.07, 6.45) is 1.80.